The van der Waals surface area contributed by atoms with Crippen LogP contribution in [0, 0.1) is 6.92 Å². The van der Waals surface area contributed by atoms with Gasteiger partial charge in [-0.15, -0.1) is 0 Å². The van der Waals surface area contributed by atoms with Gasteiger partial charge in [0.25, 0.3) is 0 Å². The minimum atomic E-state index is -3.62. The zero-order valence-electron chi connectivity index (χ0n) is 11.2. The van der Waals surface area contributed by atoms with Crippen molar-refractivity contribution in [1.29, 1.82) is 0 Å². The molecular weight excluding hydrogens is 282 g/mol. The summed E-state index contributed by atoms with van der Waals surface area (Å²) >= 11 is 0. The fourth-order valence-corrected chi connectivity index (χ4v) is 3.00. The van der Waals surface area contributed by atoms with E-state index in [0.29, 0.717) is 23.3 Å². The molecule has 0 amide bonds. The number of hydrogen-bond donors (Lipinski definition) is 1. The van der Waals surface area contributed by atoms with Crippen molar-refractivity contribution in [2.24, 2.45) is 7.05 Å². The van der Waals surface area contributed by atoms with Gasteiger partial charge in [-0.05, 0) is 19.8 Å². The molecule has 2 heterocycles. The van der Waals surface area contributed by atoms with E-state index in [4.69, 9.17) is 4.52 Å². The summed E-state index contributed by atoms with van der Waals surface area (Å²) in [4.78, 5) is 4.33. The molecule has 0 aliphatic heterocycles. The van der Waals surface area contributed by atoms with Crippen molar-refractivity contribution in [3.63, 3.8) is 0 Å². The predicted octanol–water partition coefficient (Wildman–Crippen LogP) is 0.467. The summed E-state index contributed by atoms with van der Waals surface area (Å²) in [6.45, 7) is 1.70. The Labute approximate surface area is 116 Å². The van der Waals surface area contributed by atoms with Gasteiger partial charge in [0, 0.05) is 13.0 Å². The van der Waals surface area contributed by atoms with Crippen LogP contribution in [0.1, 0.15) is 36.2 Å². The van der Waals surface area contributed by atoms with Crippen molar-refractivity contribution in [2.45, 2.75) is 37.1 Å². The van der Waals surface area contributed by atoms with Gasteiger partial charge in [-0.3, -0.25) is 4.68 Å². The minimum Gasteiger partial charge on any atom is -0.339 e. The topological polar surface area (TPSA) is 103 Å². The third kappa shape index (κ3) is 2.46. The number of hydrogen-bond acceptors (Lipinski definition) is 6. The predicted molar refractivity (Wildman–Crippen MR) is 68.2 cm³/mol. The van der Waals surface area contributed by atoms with E-state index in [2.05, 4.69) is 20.0 Å². The van der Waals surface area contributed by atoms with Crippen LogP contribution < -0.4 is 4.72 Å². The van der Waals surface area contributed by atoms with Crippen molar-refractivity contribution in [3.8, 4) is 0 Å². The van der Waals surface area contributed by atoms with Crippen LogP contribution in [0.3, 0.4) is 0 Å². The van der Waals surface area contributed by atoms with Crippen LogP contribution in [-0.4, -0.2) is 28.3 Å². The standard InChI is InChI=1S/C11H15N5O3S/c1-7-9(5-12-16(7)2)20(17,18)13-6-10-14-11(19-15-10)8-3-4-8/h5,8,13H,3-4,6H2,1-2H3. The molecule has 2 aromatic rings. The monoisotopic (exact) mass is 297 g/mol. The summed E-state index contributed by atoms with van der Waals surface area (Å²) in [6, 6.07) is 0. The molecular formula is C11H15N5O3S. The number of sulfonamides is 1. The fraction of sp³-hybridized carbons (Fsp3) is 0.545. The van der Waals surface area contributed by atoms with Crippen molar-refractivity contribution in [1.82, 2.24) is 24.6 Å². The van der Waals surface area contributed by atoms with Crippen LogP contribution in [-0.2, 0) is 23.6 Å². The smallest absolute Gasteiger partial charge is 0.244 e. The van der Waals surface area contributed by atoms with Crippen molar-refractivity contribution >= 4 is 10.0 Å². The molecule has 0 spiro atoms. The van der Waals surface area contributed by atoms with Gasteiger partial charge in [0.2, 0.25) is 15.9 Å². The molecule has 1 aliphatic rings. The van der Waals surface area contributed by atoms with Gasteiger partial charge in [-0.25, -0.2) is 13.1 Å². The maximum absolute atomic E-state index is 12.1. The second-order valence-corrected chi connectivity index (χ2v) is 6.60. The van der Waals surface area contributed by atoms with Gasteiger partial charge in [0.1, 0.15) is 4.90 Å². The SMILES string of the molecule is Cc1c(S(=O)(=O)NCc2noc(C3CC3)n2)cnn1C. The molecule has 20 heavy (non-hydrogen) atoms. The molecule has 3 rings (SSSR count). The average Bonchev–Trinajstić information content (AvgIpc) is 3.05. The second kappa shape index (κ2) is 4.67. The molecule has 9 heteroatoms. The van der Waals surface area contributed by atoms with E-state index in [1.165, 1.54) is 10.9 Å². The van der Waals surface area contributed by atoms with Gasteiger partial charge in [-0.1, -0.05) is 5.16 Å². The van der Waals surface area contributed by atoms with Crippen molar-refractivity contribution in [3.05, 3.63) is 23.6 Å². The first-order valence-corrected chi connectivity index (χ1v) is 7.76. The summed E-state index contributed by atoms with van der Waals surface area (Å²) in [6.07, 6.45) is 3.44. The highest BCUT2D eigenvalue weighted by molar-refractivity contribution is 7.89. The number of aryl methyl sites for hydroxylation is 1. The highest BCUT2D eigenvalue weighted by Gasteiger charge is 2.29. The van der Waals surface area contributed by atoms with Crippen LogP contribution in [0.5, 0.6) is 0 Å². The number of nitrogens with one attached hydrogen (secondary N) is 1. The summed E-state index contributed by atoms with van der Waals surface area (Å²) in [5.74, 6) is 1.29. The van der Waals surface area contributed by atoms with E-state index >= 15 is 0 Å². The van der Waals surface area contributed by atoms with Crippen LogP contribution in [0.2, 0.25) is 0 Å². The quantitative estimate of drug-likeness (QED) is 0.860. The Balaban J connectivity index is 1.71. The highest BCUT2D eigenvalue weighted by atomic mass is 32.2. The average molecular weight is 297 g/mol. The number of aromatic nitrogens is 4. The Morgan fingerprint density at radius 2 is 2.25 bits per heavy atom. The molecule has 0 radical (unpaired) electrons. The van der Waals surface area contributed by atoms with Gasteiger partial charge in [-0.2, -0.15) is 10.1 Å². The molecule has 1 N–H and O–H groups in total. The van der Waals surface area contributed by atoms with Crippen LogP contribution >= 0.6 is 0 Å². The molecule has 0 unspecified atom stereocenters. The minimum absolute atomic E-state index is 0.00683. The first kappa shape index (κ1) is 13.3. The molecule has 1 fully saturated rings. The molecule has 1 aliphatic carbocycles. The van der Waals surface area contributed by atoms with Gasteiger partial charge < -0.3 is 4.52 Å². The Morgan fingerprint density at radius 1 is 1.50 bits per heavy atom. The van der Waals surface area contributed by atoms with Crippen LogP contribution in [0.4, 0.5) is 0 Å². The lowest BCUT2D eigenvalue weighted by Gasteiger charge is -2.03. The lowest BCUT2D eigenvalue weighted by atomic mass is 10.4. The lowest BCUT2D eigenvalue weighted by molar-refractivity contribution is 0.373. The summed E-state index contributed by atoms with van der Waals surface area (Å²) in [7, 11) is -1.93. The van der Waals surface area contributed by atoms with E-state index in [-0.39, 0.29) is 11.4 Å². The van der Waals surface area contributed by atoms with Crippen LogP contribution in [0.15, 0.2) is 15.6 Å². The first-order valence-electron chi connectivity index (χ1n) is 6.28. The zero-order valence-corrected chi connectivity index (χ0v) is 12.0. The molecule has 0 atom stereocenters. The summed E-state index contributed by atoms with van der Waals surface area (Å²) in [5, 5.41) is 7.69. The van der Waals surface area contributed by atoms with E-state index in [0.717, 1.165) is 12.8 Å². The Morgan fingerprint density at radius 3 is 2.85 bits per heavy atom. The number of rotatable bonds is 5. The van der Waals surface area contributed by atoms with E-state index < -0.39 is 10.0 Å². The van der Waals surface area contributed by atoms with E-state index in [9.17, 15) is 8.42 Å². The molecule has 1 saturated carbocycles. The van der Waals surface area contributed by atoms with Gasteiger partial charge in [0.05, 0.1) is 18.4 Å². The lowest BCUT2D eigenvalue weighted by Crippen LogP contribution is -2.24. The second-order valence-electron chi connectivity index (χ2n) is 4.87. The molecule has 0 aromatic carbocycles. The normalized spacial score (nSPS) is 15.7. The van der Waals surface area contributed by atoms with Gasteiger partial charge in [0.15, 0.2) is 5.82 Å². The Bertz CT molecular complexity index is 729. The first-order chi connectivity index (χ1) is 9.47. The van der Waals surface area contributed by atoms with Crippen molar-refractivity contribution < 1.29 is 12.9 Å². The third-order valence-electron chi connectivity index (χ3n) is 3.31. The zero-order chi connectivity index (χ0) is 14.3. The molecule has 8 nitrogen and oxygen atoms in total. The molecule has 0 saturated heterocycles. The molecule has 0 bridgehead atoms. The van der Waals surface area contributed by atoms with E-state index in [1.807, 2.05) is 0 Å². The van der Waals surface area contributed by atoms with Crippen LogP contribution in [0.25, 0.3) is 0 Å². The van der Waals surface area contributed by atoms with Gasteiger partial charge >= 0.3 is 0 Å². The fourth-order valence-electron chi connectivity index (χ4n) is 1.82. The highest BCUT2D eigenvalue weighted by Crippen LogP contribution is 2.38. The van der Waals surface area contributed by atoms with Crippen molar-refractivity contribution in [2.75, 3.05) is 0 Å². The van der Waals surface area contributed by atoms with E-state index in [1.54, 1.807) is 14.0 Å². The maximum atomic E-state index is 12.1. The maximum Gasteiger partial charge on any atom is 0.244 e. The molecule has 108 valence electrons. The summed E-state index contributed by atoms with van der Waals surface area (Å²) in [5.41, 5.74) is 0.573. The summed E-state index contributed by atoms with van der Waals surface area (Å²) < 4.78 is 33.3. The Hall–Kier alpha value is -1.74. The Kier molecular flexibility index (Phi) is 3.09. The number of nitrogens with zero attached hydrogens (tertiary/aromatic N) is 4. The molecule has 2 aromatic heterocycles. The largest absolute Gasteiger partial charge is 0.339 e. The third-order valence-corrected chi connectivity index (χ3v) is 4.81.